The van der Waals surface area contributed by atoms with Gasteiger partial charge in [-0.1, -0.05) is 24.3 Å². The first-order valence-corrected chi connectivity index (χ1v) is 12.7. The molecule has 0 aromatic heterocycles. The molecule has 0 aliphatic rings. The Morgan fingerprint density at radius 3 is 1.16 bits per heavy atom. The number of rotatable bonds is 8. The van der Waals surface area contributed by atoms with Crippen molar-refractivity contribution in [3.05, 3.63) is 59.7 Å². The van der Waals surface area contributed by atoms with E-state index in [9.17, 15) is 10.2 Å². The molecule has 0 aliphatic heterocycles. The topological polar surface area (TPSA) is 96.4 Å². The molecule has 0 unspecified atom stereocenters. The molecule has 0 radical (unpaired) electrons. The molecule has 0 fully saturated rings. The predicted molar refractivity (Wildman–Crippen MR) is 156 cm³/mol. The Bertz CT molecular complexity index is 1000. The summed E-state index contributed by atoms with van der Waals surface area (Å²) < 4.78 is 0. The second kappa shape index (κ2) is 20.7. The van der Waals surface area contributed by atoms with E-state index in [1.807, 2.05) is 49.6 Å². The molecule has 38 heavy (non-hydrogen) atoms. The van der Waals surface area contributed by atoms with Gasteiger partial charge in [0.15, 0.2) is 0 Å². The zero-order valence-corrected chi connectivity index (χ0v) is 26.1. The van der Waals surface area contributed by atoms with Gasteiger partial charge in [-0.05, 0) is 65.8 Å². The fourth-order valence-electron chi connectivity index (χ4n) is 3.02. The molecule has 2 aromatic carbocycles. The zero-order valence-electron chi connectivity index (χ0n) is 22.5. The normalized spacial score (nSPS) is 11.9. The number of phenols is 2. The Morgan fingerprint density at radius 2 is 0.895 bits per heavy atom. The van der Waals surface area contributed by atoms with Gasteiger partial charge in [0.1, 0.15) is 11.5 Å². The smallest absolute Gasteiger partial charge is 0.124 e. The van der Waals surface area contributed by atoms with Crippen LogP contribution in [-0.4, -0.2) is 68.0 Å². The van der Waals surface area contributed by atoms with Crippen LogP contribution < -0.4 is 0 Å². The van der Waals surface area contributed by atoms with Crippen LogP contribution >= 0.6 is 0 Å². The van der Waals surface area contributed by atoms with Crippen molar-refractivity contribution in [1.82, 2.24) is 9.80 Å². The van der Waals surface area contributed by atoms with Crippen LogP contribution in [0.2, 0.25) is 0 Å². The van der Waals surface area contributed by atoms with Gasteiger partial charge in [-0.2, -0.15) is 20.4 Å². The standard InChI is InChI=1S/2C13H19N3OS.2Ni/c2*1-4-16(5-2)13(18)15-14-10(3)11-8-6-7-9-12(11)17;;/h2*6-9,17H,4-5H2,1-3H3,(H,15,18);;/p-2/b2*14-10+;;. The van der Waals surface area contributed by atoms with Crippen molar-refractivity contribution in [1.29, 1.82) is 0 Å². The van der Waals surface area contributed by atoms with E-state index < -0.39 is 0 Å². The van der Waals surface area contributed by atoms with E-state index in [4.69, 9.17) is 25.3 Å². The summed E-state index contributed by atoms with van der Waals surface area (Å²) in [5.41, 5.74) is 2.62. The fraction of sp³-hybridized carbons (Fsp3) is 0.385. The van der Waals surface area contributed by atoms with Crippen LogP contribution in [0, 0.1) is 0 Å². The van der Waals surface area contributed by atoms with Crippen LogP contribution in [0.25, 0.3) is 0 Å². The van der Waals surface area contributed by atoms with Gasteiger partial charge in [-0.3, -0.25) is 0 Å². The summed E-state index contributed by atoms with van der Waals surface area (Å²) in [4.78, 5) is 3.88. The summed E-state index contributed by atoms with van der Waals surface area (Å²) in [5, 5.41) is 36.5. The number of hydrogen-bond donors (Lipinski definition) is 2. The molecule has 12 heteroatoms. The van der Waals surface area contributed by atoms with Gasteiger partial charge in [0.25, 0.3) is 0 Å². The number of phenolic OH excluding ortho intramolecular Hbond substituents is 2. The quantitative estimate of drug-likeness (QED) is 0.142. The molecule has 0 saturated heterocycles. The van der Waals surface area contributed by atoms with Crippen LogP contribution in [-0.2, 0) is 58.2 Å². The second-order valence-electron chi connectivity index (χ2n) is 7.51. The maximum absolute atomic E-state index is 9.68. The van der Waals surface area contributed by atoms with Crippen molar-refractivity contribution < 1.29 is 43.2 Å². The molecular weight excluding hydrogens is 610 g/mol. The van der Waals surface area contributed by atoms with Gasteiger partial charge in [0.05, 0.1) is 11.4 Å². The summed E-state index contributed by atoms with van der Waals surface area (Å²) >= 11 is 10.3. The van der Waals surface area contributed by atoms with E-state index >= 15 is 0 Å². The zero-order chi connectivity index (χ0) is 27.1. The Balaban J connectivity index is 0. The third-order valence-corrected chi connectivity index (χ3v) is 5.91. The molecule has 0 aliphatic carbocycles. The number of aromatic hydroxyl groups is 2. The Labute approximate surface area is 258 Å². The van der Waals surface area contributed by atoms with E-state index in [1.54, 1.807) is 50.2 Å². The van der Waals surface area contributed by atoms with Gasteiger partial charge < -0.3 is 45.3 Å². The molecule has 0 bridgehead atoms. The number of nitrogens with zero attached hydrogens (tertiary/aromatic N) is 6. The Hall–Kier alpha value is -2.25. The van der Waals surface area contributed by atoms with Crippen LogP contribution in [0.3, 0.4) is 0 Å². The van der Waals surface area contributed by atoms with Crippen molar-refractivity contribution in [2.45, 2.75) is 41.5 Å². The summed E-state index contributed by atoms with van der Waals surface area (Å²) in [7, 11) is 0. The number of hydrogen-bond acceptors (Lipinski definition) is 8. The average Bonchev–Trinajstić information content (AvgIpc) is 2.88. The molecule has 2 rings (SSSR count). The van der Waals surface area contributed by atoms with Crippen molar-refractivity contribution in [2.75, 3.05) is 26.2 Å². The van der Waals surface area contributed by atoms with E-state index in [1.165, 1.54) is 0 Å². The molecule has 216 valence electrons. The summed E-state index contributed by atoms with van der Waals surface area (Å²) in [6, 6.07) is 14.1. The second-order valence-corrected chi connectivity index (χ2v) is 8.25. The molecule has 0 amide bonds. The average molecular weight is 646 g/mol. The monoisotopic (exact) mass is 644 g/mol. The van der Waals surface area contributed by atoms with Crippen molar-refractivity contribution >= 4 is 47.0 Å². The van der Waals surface area contributed by atoms with Crippen LogP contribution in [0.1, 0.15) is 52.7 Å². The molecule has 8 nitrogen and oxygen atoms in total. The number of amidine groups is 2. The largest absolute Gasteiger partial charge is 0.741 e. The first-order chi connectivity index (χ1) is 17.2. The first-order valence-electron chi connectivity index (χ1n) is 11.8. The summed E-state index contributed by atoms with van der Waals surface area (Å²) in [5.74, 6) is 0.394. The van der Waals surface area contributed by atoms with E-state index in [-0.39, 0.29) is 44.5 Å². The van der Waals surface area contributed by atoms with E-state index in [0.29, 0.717) is 32.9 Å². The first kappa shape index (κ1) is 37.9. The third kappa shape index (κ3) is 12.5. The minimum Gasteiger partial charge on any atom is -0.741 e. The minimum atomic E-state index is 0. The maximum atomic E-state index is 9.68. The molecule has 2 aromatic rings. The fourth-order valence-corrected chi connectivity index (χ4v) is 3.62. The Morgan fingerprint density at radius 1 is 0.605 bits per heavy atom. The maximum Gasteiger partial charge on any atom is 0.124 e. The predicted octanol–water partition coefficient (Wildman–Crippen LogP) is 4.72. The molecule has 0 saturated carbocycles. The van der Waals surface area contributed by atoms with Crippen molar-refractivity contribution in [2.24, 2.45) is 20.4 Å². The SMILES string of the molecule is CCN(CC)/C([S-])=N/N=C(\C)c1ccccc1O.CCN(CC)/C([S-])=N/N=C(\C)c1ccccc1O.[Ni].[Ni]. The third-order valence-electron chi connectivity index (χ3n) is 5.23. The molecule has 0 atom stereocenters. The Kier molecular flexibility index (Phi) is 20.6. The molecular formula is C26H36N6Ni2O2S2-2. The van der Waals surface area contributed by atoms with Gasteiger partial charge in [0, 0.05) is 80.6 Å². The molecule has 0 spiro atoms. The van der Waals surface area contributed by atoms with E-state index in [2.05, 4.69) is 20.4 Å². The summed E-state index contributed by atoms with van der Waals surface area (Å²) in [6.45, 7) is 14.9. The van der Waals surface area contributed by atoms with Gasteiger partial charge >= 0.3 is 0 Å². The number of para-hydroxylation sites is 2. The van der Waals surface area contributed by atoms with Crippen molar-refractivity contribution in [3.8, 4) is 11.5 Å². The minimum absolute atomic E-state index is 0. The van der Waals surface area contributed by atoms with Crippen LogP contribution in [0.15, 0.2) is 68.9 Å². The van der Waals surface area contributed by atoms with Gasteiger partial charge in [0.2, 0.25) is 0 Å². The summed E-state index contributed by atoms with van der Waals surface area (Å²) in [6.07, 6.45) is 0. The number of benzene rings is 2. The molecule has 0 heterocycles. The van der Waals surface area contributed by atoms with Gasteiger partial charge in [-0.25, -0.2) is 0 Å². The molecule has 2 N–H and O–H groups in total. The van der Waals surface area contributed by atoms with Gasteiger partial charge in [-0.15, -0.1) is 0 Å². The van der Waals surface area contributed by atoms with Crippen molar-refractivity contribution in [3.63, 3.8) is 0 Å². The van der Waals surface area contributed by atoms with E-state index in [0.717, 1.165) is 26.2 Å². The van der Waals surface area contributed by atoms with Crippen LogP contribution in [0.4, 0.5) is 0 Å². The van der Waals surface area contributed by atoms with Crippen LogP contribution in [0.5, 0.6) is 11.5 Å².